The highest BCUT2D eigenvalue weighted by Crippen LogP contribution is 2.31. The van der Waals surface area contributed by atoms with E-state index in [1.165, 1.54) is 12.1 Å². The van der Waals surface area contributed by atoms with E-state index in [1.54, 1.807) is 0 Å². The predicted molar refractivity (Wildman–Crippen MR) is 50.5 cm³/mol. The molecule has 1 unspecified atom stereocenters. The maximum atomic E-state index is 10.6. The largest absolute Gasteiger partial charge is 0.302 e. The Balaban J connectivity index is 3.31. The molecule has 0 aliphatic heterocycles. The summed E-state index contributed by atoms with van der Waals surface area (Å²) in [5.74, 6) is 0. The normalized spacial score (nSPS) is 13.0. The Morgan fingerprint density at radius 3 is 1.92 bits per heavy atom. The Kier molecular flexibility index (Phi) is 3.37. The molecule has 66 valence electrons. The number of benzene rings is 1. The number of hydrogen-bond donors (Lipinski definition) is 1. The van der Waals surface area contributed by atoms with Crippen LogP contribution in [0.5, 0.6) is 0 Å². The fourth-order valence-corrected chi connectivity index (χ4v) is 1.80. The molecule has 0 radical (unpaired) electrons. The van der Waals surface area contributed by atoms with Crippen molar-refractivity contribution in [3.05, 3.63) is 27.2 Å². The van der Waals surface area contributed by atoms with Crippen LogP contribution >= 0.6 is 34.8 Å². The molecule has 0 fully saturated rings. The monoisotopic (exact) mass is 244 g/mol. The van der Waals surface area contributed by atoms with Crippen molar-refractivity contribution >= 4 is 45.9 Å². The zero-order chi connectivity index (χ0) is 9.30. The summed E-state index contributed by atoms with van der Waals surface area (Å²) < 4.78 is 19.2. The second-order valence-electron chi connectivity index (χ2n) is 1.95. The van der Waals surface area contributed by atoms with Gasteiger partial charge in [0.25, 0.3) is 0 Å². The van der Waals surface area contributed by atoms with Gasteiger partial charge in [0.15, 0.2) is 11.1 Å². The molecule has 0 amide bonds. The quantitative estimate of drug-likeness (QED) is 0.609. The summed E-state index contributed by atoms with van der Waals surface area (Å²) in [6.07, 6.45) is 0. The fourth-order valence-electron chi connectivity index (χ4n) is 0.633. The van der Waals surface area contributed by atoms with E-state index in [0.29, 0.717) is 0 Å². The van der Waals surface area contributed by atoms with Crippen molar-refractivity contribution in [2.24, 2.45) is 0 Å². The first-order valence-corrected chi connectivity index (χ1v) is 5.02. The van der Waals surface area contributed by atoms with Gasteiger partial charge in [0.05, 0.1) is 20.0 Å². The zero-order valence-electron chi connectivity index (χ0n) is 5.55. The topological polar surface area (TPSA) is 37.3 Å². The van der Waals surface area contributed by atoms with Crippen LogP contribution in [0.2, 0.25) is 15.1 Å². The van der Waals surface area contributed by atoms with E-state index in [-0.39, 0.29) is 20.0 Å². The molecule has 0 aliphatic rings. The molecular weight excluding hydrogens is 242 g/mol. The van der Waals surface area contributed by atoms with Crippen LogP contribution in [0.1, 0.15) is 0 Å². The van der Waals surface area contributed by atoms with Crippen LogP contribution in [0.3, 0.4) is 0 Å². The molecule has 0 spiro atoms. The first-order valence-electron chi connectivity index (χ1n) is 2.78. The fraction of sp³-hybridized carbons (Fsp3) is 0. The second-order valence-corrected chi connectivity index (χ2v) is 4.11. The van der Waals surface area contributed by atoms with Gasteiger partial charge in [0.2, 0.25) is 0 Å². The van der Waals surface area contributed by atoms with E-state index in [9.17, 15) is 4.21 Å². The van der Waals surface area contributed by atoms with Gasteiger partial charge in [-0.2, -0.15) is 0 Å². The third-order valence-corrected chi connectivity index (χ3v) is 2.99. The van der Waals surface area contributed by atoms with Crippen molar-refractivity contribution in [2.75, 3.05) is 0 Å². The standard InChI is InChI=1S/C6H3Cl3O2S/c7-4-1-3(12(10)11)2-5(8)6(4)9/h1-2H,(H,10,11). The lowest BCUT2D eigenvalue weighted by Gasteiger charge is -2.00. The number of halogens is 3. The Labute approximate surface area is 86.7 Å². The first-order chi connectivity index (χ1) is 5.52. The predicted octanol–water partition coefficient (Wildman–Crippen LogP) is 3.23. The van der Waals surface area contributed by atoms with Crippen molar-refractivity contribution in [1.82, 2.24) is 0 Å². The highest BCUT2D eigenvalue weighted by molar-refractivity contribution is 7.79. The Hall–Kier alpha value is 0.200. The summed E-state index contributed by atoms with van der Waals surface area (Å²) in [4.78, 5) is 0.134. The van der Waals surface area contributed by atoms with Gasteiger partial charge in [-0.05, 0) is 12.1 Å². The van der Waals surface area contributed by atoms with Gasteiger partial charge < -0.3 is 4.55 Å². The molecule has 1 aromatic rings. The molecule has 1 aromatic carbocycles. The lowest BCUT2D eigenvalue weighted by atomic mass is 10.4. The van der Waals surface area contributed by atoms with E-state index >= 15 is 0 Å². The van der Waals surface area contributed by atoms with Crippen LogP contribution in [0.15, 0.2) is 17.0 Å². The minimum absolute atomic E-state index is 0.134. The highest BCUT2D eigenvalue weighted by atomic mass is 35.5. The zero-order valence-corrected chi connectivity index (χ0v) is 8.64. The number of rotatable bonds is 1. The Bertz CT molecular complexity index is 317. The molecule has 0 saturated heterocycles. The number of hydrogen-bond acceptors (Lipinski definition) is 1. The molecule has 0 saturated carbocycles. The van der Waals surface area contributed by atoms with Gasteiger partial charge in [0, 0.05) is 0 Å². The molecule has 0 aliphatic carbocycles. The van der Waals surface area contributed by atoms with E-state index in [0.717, 1.165) is 0 Å². The third kappa shape index (κ3) is 2.12. The minimum Gasteiger partial charge on any atom is -0.302 e. The molecule has 0 aromatic heterocycles. The van der Waals surface area contributed by atoms with E-state index in [1.807, 2.05) is 0 Å². The molecule has 2 nitrogen and oxygen atoms in total. The first kappa shape index (κ1) is 10.3. The second kappa shape index (κ2) is 3.94. The lowest BCUT2D eigenvalue weighted by Crippen LogP contribution is -1.88. The lowest BCUT2D eigenvalue weighted by molar-refractivity contribution is 0.564. The van der Waals surface area contributed by atoms with Gasteiger partial charge >= 0.3 is 0 Å². The molecule has 6 heteroatoms. The summed E-state index contributed by atoms with van der Waals surface area (Å²) in [5.41, 5.74) is 0. The van der Waals surface area contributed by atoms with Crippen molar-refractivity contribution in [1.29, 1.82) is 0 Å². The van der Waals surface area contributed by atoms with Crippen molar-refractivity contribution in [2.45, 2.75) is 4.90 Å². The van der Waals surface area contributed by atoms with E-state index in [2.05, 4.69) is 0 Å². The summed E-state index contributed by atoms with van der Waals surface area (Å²) in [7, 11) is 0. The van der Waals surface area contributed by atoms with Gasteiger partial charge in [-0.3, -0.25) is 0 Å². The van der Waals surface area contributed by atoms with Crippen LogP contribution in [0.25, 0.3) is 0 Å². The highest BCUT2D eigenvalue weighted by Gasteiger charge is 2.08. The van der Waals surface area contributed by atoms with Gasteiger partial charge in [-0.15, -0.1) is 0 Å². The summed E-state index contributed by atoms with van der Waals surface area (Å²) >= 11 is 14.7. The average molecular weight is 246 g/mol. The molecule has 12 heavy (non-hydrogen) atoms. The van der Waals surface area contributed by atoms with Crippen molar-refractivity contribution < 1.29 is 8.76 Å². The molecular formula is C6H3Cl3O2S. The molecule has 0 bridgehead atoms. The summed E-state index contributed by atoms with van der Waals surface area (Å²) in [5, 5.41) is 0.524. The van der Waals surface area contributed by atoms with Crippen LogP contribution < -0.4 is 0 Å². The minimum atomic E-state index is -2.09. The van der Waals surface area contributed by atoms with Gasteiger partial charge in [0.1, 0.15) is 0 Å². The van der Waals surface area contributed by atoms with Crippen LogP contribution in [0.4, 0.5) is 0 Å². The summed E-state index contributed by atoms with van der Waals surface area (Å²) in [6, 6.07) is 2.60. The maximum Gasteiger partial charge on any atom is 0.186 e. The van der Waals surface area contributed by atoms with Gasteiger partial charge in [-0.25, -0.2) is 4.21 Å². The molecule has 1 rings (SSSR count). The van der Waals surface area contributed by atoms with Crippen LogP contribution in [-0.4, -0.2) is 8.76 Å². The SMILES string of the molecule is O=S(O)c1cc(Cl)c(Cl)c(Cl)c1. The Morgan fingerprint density at radius 2 is 1.58 bits per heavy atom. The third-order valence-electron chi connectivity index (χ3n) is 1.16. The molecule has 0 heterocycles. The van der Waals surface area contributed by atoms with Crippen molar-refractivity contribution in [3.63, 3.8) is 0 Å². The van der Waals surface area contributed by atoms with E-state index < -0.39 is 11.1 Å². The smallest absolute Gasteiger partial charge is 0.186 e. The van der Waals surface area contributed by atoms with Gasteiger partial charge in [-0.1, -0.05) is 34.8 Å². The molecule has 1 atom stereocenters. The van der Waals surface area contributed by atoms with Crippen LogP contribution in [0, 0.1) is 0 Å². The van der Waals surface area contributed by atoms with Crippen molar-refractivity contribution in [3.8, 4) is 0 Å². The Morgan fingerprint density at radius 1 is 1.17 bits per heavy atom. The average Bonchev–Trinajstić information content (AvgIpc) is 1.99. The van der Waals surface area contributed by atoms with Crippen LogP contribution in [-0.2, 0) is 11.1 Å². The maximum absolute atomic E-state index is 10.6. The van der Waals surface area contributed by atoms with E-state index in [4.69, 9.17) is 39.4 Å². The molecule has 1 N–H and O–H groups in total. The summed E-state index contributed by atoms with van der Waals surface area (Å²) in [6.45, 7) is 0.